The van der Waals surface area contributed by atoms with Crippen molar-refractivity contribution >= 4 is 29.3 Å². The molecule has 120 valence electrons. The predicted octanol–water partition coefficient (Wildman–Crippen LogP) is 3.84. The first kappa shape index (κ1) is 18.2. The Kier molecular flexibility index (Phi) is 7.59. The van der Waals surface area contributed by atoms with Gasteiger partial charge in [-0.2, -0.15) is 8.78 Å². The van der Waals surface area contributed by atoms with E-state index in [0.717, 1.165) is 0 Å². The van der Waals surface area contributed by atoms with Crippen LogP contribution >= 0.6 is 11.8 Å². The van der Waals surface area contributed by atoms with Crippen molar-refractivity contribution in [2.75, 3.05) is 5.32 Å². The number of hydrogen-bond acceptors (Lipinski definition) is 4. The van der Waals surface area contributed by atoms with Crippen molar-refractivity contribution in [2.45, 2.75) is 37.0 Å². The molecule has 0 saturated heterocycles. The molecular weight excluding hydrogens is 312 g/mol. The monoisotopic (exact) mass is 329 g/mol. The Labute approximate surface area is 131 Å². The van der Waals surface area contributed by atoms with Gasteiger partial charge in [0.2, 0.25) is 0 Å². The second-order valence-corrected chi connectivity index (χ2v) is 5.35. The summed E-state index contributed by atoms with van der Waals surface area (Å²) in [7, 11) is 0. The second kappa shape index (κ2) is 9.19. The lowest BCUT2D eigenvalue weighted by Gasteiger charge is -2.12. The molecule has 0 heterocycles. The molecule has 1 N–H and O–H groups in total. The van der Waals surface area contributed by atoms with E-state index in [9.17, 15) is 18.4 Å². The molecule has 4 nitrogen and oxygen atoms in total. The standard InChI is InChI=1S/C15H17F2NO3S/c1-3-4-5-13(19)21-10(2)14(20)18-11-6-8-12(9-7-11)22-15(16)17/h4-10,15H,3H2,1-2H3,(H,18,20)/b5-4+/t10-/m1/s1. The Morgan fingerprint density at radius 1 is 1.32 bits per heavy atom. The van der Waals surface area contributed by atoms with E-state index in [2.05, 4.69) is 5.32 Å². The molecule has 0 saturated carbocycles. The maximum Gasteiger partial charge on any atom is 0.331 e. The van der Waals surface area contributed by atoms with Gasteiger partial charge in [-0.25, -0.2) is 4.79 Å². The van der Waals surface area contributed by atoms with Gasteiger partial charge in [-0.3, -0.25) is 4.79 Å². The minimum absolute atomic E-state index is 0.400. The number of allylic oxidation sites excluding steroid dienone is 1. The van der Waals surface area contributed by atoms with E-state index in [-0.39, 0.29) is 0 Å². The first-order valence-corrected chi connectivity index (χ1v) is 7.53. The van der Waals surface area contributed by atoms with Gasteiger partial charge in [-0.1, -0.05) is 24.8 Å². The van der Waals surface area contributed by atoms with Crippen molar-refractivity contribution in [3.05, 3.63) is 36.4 Å². The molecule has 1 aromatic rings. The summed E-state index contributed by atoms with van der Waals surface area (Å²) in [4.78, 5) is 23.6. The van der Waals surface area contributed by atoms with Gasteiger partial charge in [0.05, 0.1) is 0 Å². The molecule has 0 bridgehead atoms. The zero-order valence-corrected chi connectivity index (χ0v) is 13.0. The normalized spacial score (nSPS) is 12.4. The van der Waals surface area contributed by atoms with Crippen molar-refractivity contribution in [2.24, 2.45) is 0 Å². The highest BCUT2D eigenvalue weighted by Gasteiger charge is 2.16. The number of esters is 1. The average Bonchev–Trinajstić information content (AvgIpc) is 2.46. The largest absolute Gasteiger partial charge is 0.449 e. The summed E-state index contributed by atoms with van der Waals surface area (Å²) in [5, 5.41) is 2.55. The number of hydrogen-bond donors (Lipinski definition) is 1. The molecule has 0 fully saturated rings. The van der Waals surface area contributed by atoms with Crippen molar-refractivity contribution in [1.82, 2.24) is 0 Å². The SMILES string of the molecule is CC/C=C/C(=O)O[C@H](C)C(=O)Nc1ccc(SC(F)F)cc1. The van der Waals surface area contributed by atoms with Crippen LogP contribution in [0.3, 0.4) is 0 Å². The van der Waals surface area contributed by atoms with Gasteiger partial charge in [-0.05, 0) is 37.6 Å². The number of anilines is 1. The van der Waals surface area contributed by atoms with Gasteiger partial charge in [0.1, 0.15) is 0 Å². The Morgan fingerprint density at radius 2 is 1.95 bits per heavy atom. The highest BCUT2D eigenvalue weighted by atomic mass is 32.2. The van der Waals surface area contributed by atoms with Crippen LogP contribution in [0.2, 0.25) is 0 Å². The summed E-state index contributed by atoms with van der Waals surface area (Å²) >= 11 is 0.425. The number of nitrogens with one attached hydrogen (secondary N) is 1. The zero-order valence-electron chi connectivity index (χ0n) is 12.2. The highest BCUT2D eigenvalue weighted by molar-refractivity contribution is 7.99. The van der Waals surface area contributed by atoms with Crippen molar-refractivity contribution in [3.63, 3.8) is 0 Å². The maximum absolute atomic E-state index is 12.2. The Morgan fingerprint density at radius 3 is 2.50 bits per heavy atom. The van der Waals surface area contributed by atoms with E-state index in [1.54, 1.807) is 6.08 Å². The molecule has 0 radical (unpaired) electrons. The van der Waals surface area contributed by atoms with E-state index >= 15 is 0 Å². The van der Waals surface area contributed by atoms with Gasteiger partial charge in [0.15, 0.2) is 6.10 Å². The number of halogens is 2. The summed E-state index contributed by atoms with van der Waals surface area (Å²) in [5.74, 6) is -3.57. The Hall–Kier alpha value is -1.89. The number of amides is 1. The van der Waals surface area contributed by atoms with Gasteiger partial charge in [0.25, 0.3) is 11.7 Å². The maximum atomic E-state index is 12.2. The topological polar surface area (TPSA) is 55.4 Å². The molecule has 1 atom stereocenters. The molecule has 7 heteroatoms. The van der Waals surface area contributed by atoms with E-state index in [1.807, 2.05) is 6.92 Å². The molecule has 0 unspecified atom stereocenters. The second-order valence-electron chi connectivity index (χ2n) is 4.28. The lowest BCUT2D eigenvalue weighted by atomic mass is 10.3. The lowest BCUT2D eigenvalue weighted by molar-refractivity contribution is -0.148. The molecule has 0 aliphatic heterocycles. The van der Waals surface area contributed by atoms with Crippen LogP contribution in [0, 0.1) is 0 Å². The van der Waals surface area contributed by atoms with Crippen molar-refractivity contribution in [3.8, 4) is 0 Å². The Bertz CT molecular complexity index is 532. The number of benzene rings is 1. The average molecular weight is 329 g/mol. The summed E-state index contributed by atoms with van der Waals surface area (Å²) in [5.41, 5.74) is 0.440. The van der Waals surface area contributed by atoms with Gasteiger partial charge in [-0.15, -0.1) is 0 Å². The molecule has 0 aliphatic carbocycles. The fourth-order valence-corrected chi connectivity index (χ4v) is 1.94. The number of rotatable bonds is 7. The third-order valence-corrected chi connectivity index (χ3v) is 3.22. The van der Waals surface area contributed by atoms with E-state index in [1.165, 1.54) is 37.3 Å². The number of thioether (sulfide) groups is 1. The number of carbonyl (C=O) groups excluding carboxylic acids is 2. The van der Waals surface area contributed by atoms with Crippen LogP contribution in [0.15, 0.2) is 41.3 Å². The first-order chi connectivity index (χ1) is 10.4. The van der Waals surface area contributed by atoms with Crippen LogP contribution in [-0.2, 0) is 14.3 Å². The number of alkyl halides is 2. The van der Waals surface area contributed by atoms with Gasteiger partial charge < -0.3 is 10.1 Å². The van der Waals surface area contributed by atoms with Crippen molar-refractivity contribution < 1.29 is 23.1 Å². The van der Waals surface area contributed by atoms with Crippen LogP contribution < -0.4 is 5.32 Å². The Balaban J connectivity index is 2.53. The van der Waals surface area contributed by atoms with Gasteiger partial charge in [0, 0.05) is 16.7 Å². The summed E-state index contributed by atoms with van der Waals surface area (Å²) in [6.45, 7) is 3.32. The summed E-state index contributed by atoms with van der Waals surface area (Å²) in [6, 6.07) is 5.97. The zero-order chi connectivity index (χ0) is 16.5. The van der Waals surface area contributed by atoms with E-state index < -0.39 is 23.7 Å². The van der Waals surface area contributed by atoms with Crippen LogP contribution in [0.25, 0.3) is 0 Å². The third kappa shape index (κ3) is 6.71. The van der Waals surface area contributed by atoms with Crippen LogP contribution in [-0.4, -0.2) is 23.7 Å². The molecular formula is C15H17F2NO3S. The smallest absolute Gasteiger partial charge is 0.331 e. The van der Waals surface area contributed by atoms with Crippen LogP contribution in [0.4, 0.5) is 14.5 Å². The molecule has 1 aromatic carbocycles. The lowest BCUT2D eigenvalue weighted by Crippen LogP contribution is -2.29. The fourth-order valence-electron chi connectivity index (χ4n) is 1.44. The molecule has 0 aromatic heterocycles. The molecule has 0 aliphatic rings. The van der Waals surface area contributed by atoms with E-state index in [4.69, 9.17) is 4.74 Å². The molecule has 1 amide bonds. The number of carbonyl (C=O) groups is 2. The van der Waals surface area contributed by atoms with Gasteiger partial charge >= 0.3 is 5.97 Å². The van der Waals surface area contributed by atoms with Crippen LogP contribution in [0.1, 0.15) is 20.3 Å². The number of ether oxygens (including phenoxy) is 1. The minimum Gasteiger partial charge on any atom is -0.449 e. The molecule has 22 heavy (non-hydrogen) atoms. The third-order valence-electron chi connectivity index (χ3n) is 2.50. The minimum atomic E-state index is -2.49. The first-order valence-electron chi connectivity index (χ1n) is 6.65. The molecule has 1 rings (SSSR count). The fraction of sp³-hybridized carbons (Fsp3) is 0.333. The van der Waals surface area contributed by atoms with Crippen molar-refractivity contribution in [1.29, 1.82) is 0 Å². The quantitative estimate of drug-likeness (QED) is 0.469. The van der Waals surface area contributed by atoms with Crippen LogP contribution in [0.5, 0.6) is 0 Å². The summed E-state index contributed by atoms with van der Waals surface area (Å²) < 4.78 is 29.3. The highest BCUT2D eigenvalue weighted by Crippen LogP contribution is 2.26. The van der Waals surface area contributed by atoms with E-state index in [0.29, 0.717) is 28.8 Å². The predicted molar refractivity (Wildman–Crippen MR) is 81.9 cm³/mol. The molecule has 0 spiro atoms. The summed E-state index contributed by atoms with van der Waals surface area (Å²) in [6.07, 6.45) is 2.63.